The Morgan fingerprint density at radius 2 is 1.90 bits per heavy atom. The maximum absolute atomic E-state index is 5.93. The molecule has 1 aromatic carbocycles. The Morgan fingerprint density at radius 3 is 2.71 bits per heavy atom. The highest BCUT2D eigenvalue weighted by atomic mass is 16.5. The zero-order chi connectivity index (χ0) is 14.7. The standard InChI is InChI=1S/C18H27NO2/c1-14-12-19(13-15(2)21-14)9-4-10-20-18-8-7-16-5-3-6-17(16)11-18/h7-8,11,14-15H,3-6,9-10,12-13H2,1-2H3/p+1/t14-,15-/m1/s1. The monoisotopic (exact) mass is 290 g/mol. The van der Waals surface area contributed by atoms with Crippen LogP contribution in [0.4, 0.5) is 0 Å². The van der Waals surface area contributed by atoms with E-state index in [2.05, 4.69) is 32.0 Å². The summed E-state index contributed by atoms with van der Waals surface area (Å²) in [5.41, 5.74) is 3.01. The molecule has 0 aromatic heterocycles. The lowest BCUT2D eigenvalue weighted by Crippen LogP contribution is -3.15. The van der Waals surface area contributed by atoms with Crippen LogP contribution in [0.5, 0.6) is 5.75 Å². The molecule has 3 nitrogen and oxygen atoms in total. The van der Waals surface area contributed by atoms with Crippen LogP contribution in [0.3, 0.4) is 0 Å². The lowest BCUT2D eigenvalue weighted by molar-refractivity contribution is -0.915. The molecule has 1 N–H and O–H groups in total. The number of morpholine rings is 1. The summed E-state index contributed by atoms with van der Waals surface area (Å²) in [6.45, 7) is 8.62. The molecule has 0 spiro atoms. The summed E-state index contributed by atoms with van der Waals surface area (Å²) in [5, 5.41) is 0. The van der Waals surface area contributed by atoms with Crippen LogP contribution < -0.4 is 9.64 Å². The number of fused-ring (bicyclic) bond motifs is 1. The quantitative estimate of drug-likeness (QED) is 0.833. The zero-order valence-electron chi connectivity index (χ0n) is 13.4. The lowest BCUT2D eigenvalue weighted by atomic mass is 10.1. The van der Waals surface area contributed by atoms with Gasteiger partial charge in [0.2, 0.25) is 0 Å². The number of hydrogen-bond acceptors (Lipinski definition) is 2. The van der Waals surface area contributed by atoms with E-state index in [0.29, 0.717) is 12.2 Å². The molecule has 0 bridgehead atoms. The van der Waals surface area contributed by atoms with Crippen LogP contribution in [-0.2, 0) is 17.6 Å². The summed E-state index contributed by atoms with van der Waals surface area (Å²) in [5.74, 6) is 1.05. The Hall–Kier alpha value is -1.06. The Bertz CT molecular complexity index is 464. The normalized spacial score (nSPS) is 28.4. The minimum absolute atomic E-state index is 0.390. The van der Waals surface area contributed by atoms with E-state index in [0.717, 1.165) is 31.9 Å². The van der Waals surface area contributed by atoms with Crippen molar-refractivity contribution >= 4 is 0 Å². The first kappa shape index (κ1) is 14.9. The summed E-state index contributed by atoms with van der Waals surface area (Å²) in [4.78, 5) is 1.65. The fourth-order valence-corrected chi connectivity index (χ4v) is 3.74. The van der Waals surface area contributed by atoms with Gasteiger partial charge in [0.05, 0.1) is 13.2 Å². The van der Waals surface area contributed by atoms with Gasteiger partial charge in [-0.1, -0.05) is 6.07 Å². The van der Waals surface area contributed by atoms with Crippen LogP contribution in [0.15, 0.2) is 18.2 Å². The fourth-order valence-electron chi connectivity index (χ4n) is 3.74. The average Bonchev–Trinajstić information content (AvgIpc) is 2.90. The van der Waals surface area contributed by atoms with Gasteiger partial charge in [-0.3, -0.25) is 0 Å². The largest absolute Gasteiger partial charge is 0.493 e. The van der Waals surface area contributed by atoms with Crippen LogP contribution in [0.2, 0.25) is 0 Å². The van der Waals surface area contributed by atoms with E-state index in [1.54, 1.807) is 4.90 Å². The van der Waals surface area contributed by atoms with Crippen LogP contribution in [0, 0.1) is 0 Å². The predicted molar refractivity (Wildman–Crippen MR) is 84.2 cm³/mol. The topological polar surface area (TPSA) is 22.9 Å². The molecular weight excluding hydrogens is 262 g/mol. The van der Waals surface area contributed by atoms with Gasteiger partial charge in [-0.25, -0.2) is 0 Å². The first-order valence-electron chi connectivity index (χ1n) is 8.44. The van der Waals surface area contributed by atoms with Gasteiger partial charge in [0.25, 0.3) is 0 Å². The molecule has 0 radical (unpaired) electrons. The van der Waals surface area contributed by atoms with E-state index in [-0.39, 0.29) is 0 Å². The van der Waals surface area contributed by atoms with Gasteiger partial charge >= 0.3 is 0 Å². The van der Waals surface area contributed by atoms with Crippen molar-refractivity contribution in [2.75, 3.05) is 26.2 Å². The molecule has 2 aliphatic rings. The number of ether oxygens (including phenoxy) is 2. The minimum Gasteiger partial charge on any atom is -0.493 e. The Morgan fingerprint density at radius 1 is 1.14 bits per heavy atom. The molecule has 0 saturated carbocycles. The number of hydrogen-bond donors (Lipinski definition) is 1. The molecule has 21 heavy (non-hydrogen) atoms. The molecule has 116 valence electrons. The molecular formula is C18H28NO2+. The first-order chi connectivity index (χ1) is 10.2. The summed E-state index contributed by atoms with van der Waals surface area (Å²) in [6.07, 6.45) is 5.66. The SMILES string of the molecule is C[C@@H]1C[NH+](CCCOc2ccc3c(c2)CCC3)C[C@@H](C)O1. The molecule has 3 heteroatoms. The molecule has 0 amide bonds. The number of quaternary nitrogens is 1. The van der Waals surface area contributed by atoms with Crippen molar-refractivity contribution in [1.29, 1.82) is 0 Å². The van der Waals surface area contributed by atoms with Gasteiger partial charge in [0, 0.05) is 6.42 Å². The van der Waals surface area contributed by atoms with E-state index in [1.807, 2.05) is 0 Å². The second-order valence-corrected chi connectivity index (χ2v) is 6.65. The van der Waals surface area contributed by atoms with Crippen molar-refractivity contribution in [3.05, 3.63) is 29.3 Å². The van der Waals surface area contributed by atoms with Crippen molar-refractivity contribution < 1.29 is 14.4 Å². The fraction of sp³-hybridized carbons (Fsp3) is 0.667. The van der Waals surface area contributed by atoms with Crippen LogP contribution in [-0.4, -0.2) is 38.4 Å². The number of aryl methyl sites for hydroxylation is 2. The zero-order valence-corrected chi connectivity index (χ0v) is 13.4. The van der Waals surface area contributed by atoms with Gasteiger partial charge in [-0.05, 0) is 56.4 Å². The Labute approximate surface area is 128 Å². The smallest absolute Gasteiger partial charge is 0.119 e. The van der Waals surface area contributed by atoms with Crippen molar-refractivity contribution in [3.8, 4) is 5.75 Å². The lowest BCUT2D eigenvalue weighted by Gasteiger charge is -2.32. The Balaban J connectivity index is 1.40. The molecule has 3 rings (SSSR count). The third-order valence-corrected chi connectivity index (χ3v) is 4.63. The predicted octanol–water partition coefficient (Wildman–Crippen LogP) is 1.64. The third kappa shape index (κ3) is 3.98. The average molecular weight is 290 g/mol. The van der Waals surface area contributed by atoms with Crippen molar-refractivity contribution in [2.24, 2.45) is 0 Å². The van der Waals surface area contributed by atoms with Crippen LogP contribution >= 0.6 is 0 Å². The van der Waals surface area contributed by atoms with Crippen molar-refractivity contribution in [3.63, 3.8) is 0 Å². The highest BCUT2D eigenvalue weighted by molar-refractivity contribution is 5.38. The molecule has 1 saturated heterocycles. The highest BCUT2D eigenvalue weighted by Crippen LogP contribution is 2.25. The second-order valence-electron chi connectivity index (χ2n) is 6.65. The van der Waals surface area contributed by atoms with Crippen LogP contribution in [0.1, 0.15) is 37.8 Å². The van der Waals surface area contributed by atoms with Gasteiger partial charge in [0.15, 0.2) is 0 Å². The maximum Gasteiger partial charge on any atom is 0.119 e. The van der Waals surface area contributed by atoms with Crippen molar-refractivity contribution in [1.82, 2.24) is 0 Å². The minimum atomic E-state index is 0.390. The first-order valence-corrected chi connectivity index (χ1v) is 8.44. The molecule has 2 atom stereocenters. The molecule has 1 aromatic rings. The third-order valence-electron chi connectivity index (χ3n) is 4.63. The molecule has 0 unspecified atom stereocenters. The summed E-state index contributed by atoms with van der Waals surface area (Å²) >= 11 is 0. The molecule has 1 fully saturated rings. The van der Waals surface area contributed by atoms with Crippen molar-refractivity contribution in [2.45, 2.75) is 51.7 Å². The summed E-state index contributed by atoms with van der Waals surface area (Å²) < 4.78 is 11.7. The molecule has 1 aliphatic heterocycles. The van der Waals surface area contributed by atoms with E-state index in [1.165, 1.54) is 36.9 Å². The van der Waals surface area contributed by atoms with Gasteiger partial charge in [-0.15, -0.1) is 0 Å². The number of nitrogens with one attached hydrogen (secondary N) is 1. The van der Waals surface area contributed by atoms with E-state index in [9.17, 15) is 0 Å². The van der Waals surface area contributed by atoms with Gasteiger partial charge < -0.3 is 14.4 Å². The summed E-state index contributed by atoms with van der Waals surface area (Å²) in [7, 11) is 0. The Kier molecular flexibility index (Phi) is 4.81. The number of rotatable bonds is 5. The van der Waals surface area contributed by atoms with Crippen LogP contribution in [0.25, 0.3) is 0 Å². The second kappa shape index (κ2) is 6.80. The number of benzene rings is 1. The van der Waals surface area contributed by atoms with E-state index >= 15 is 0 Å². The van der Waals surface area contributed by atoms with Gasteiger partial charge in [-0.2, -0.15) is 0 Å². The molecule has 1 heterocycles. The summed E-state index contributed by atoms with van der Waals surface area (Å²) in [6, 6.07) is 6.62. The highest BCUT2D eigenvalue weighted by Gasteiger charge is 2.24. The molecule has 1 aliphatic carbocycles. The maximum atomic E-state index is 5.93. The van der Waals surface area contributed by atoms with E-state index in [4.69, 9.17) is 9.47 Å². The van der Waals surface area contributed by atoms with E-state index < -0.39 is 0 Å². The van der Waals surface area contributed by atoms with Gasteiger partial charge in [0.1, 0.15) is 31.0 Å².